The van der Waals surface area contributed by atoms with Crippen LogP contribution < -0.4 is 5.73 Å². The second-order valence-corrected chi connectivity index (χ2v) is 4.80. The van der Waals surface area contributed by atoms with E-state index in [2.05, 4.69) is 5.10 Å². The third kappa shape index (κ3) is 2.38. The van der Waals surface area contributed by atoms with Crippen LogP contribution in [0.1, 0.15) is 0 Å². The summed E-state index contributed by atoms with van der Waals surface area (Å²) in [6, 6.07) is 13.3. The van der Waals surface area contributed by atoms with Gasteiger partial charge >= 0.3 is 0 Å². The number of nitrogens with two attached hydrogens (primary N) is 1. The van der Waals surface area contributed by atoms with Crippen molar-refractivity contribution in [2.75, 3.05) is 5.73 Å². The van der Waals surface area contributed by atoms with Crippen molar-refractivity contribution in [2.45, 2.75) is 0 Å². The van der Waals surface area contributed by atoms with E-state index in [1.54, 1.807) is 35.1 Å². The quantitative estimate of drug-likeness (QED) is 0.776. The van der Waals surface area contributed by atoms with E-state index in [9.17, 15) is 4.39 Å². The Bertz CT molecular complexity index is 733. The minimum atomic E-state index is -0.288. The monoisotopic (exact) mass is 287 g/mol. The van der Waals surface area contributed by atoms with Crippen molar-refractivity contribution in [3.8, 4) is 16.9 Å². The van der Waals surface area contributed by atoms with Gasteiger partial charge in [0.25, 0.3) is 0 Å². The van der Waals surface area contributed by atoms with E-state index in [0.717, 1.165) is 11.3 Å². The SMILES string of the molecule is Nc1cn(-c2ccc(Cl)cc2)nc1-c1ccc(F)cc1. The first kappa shape index (κ1) is 12.7. The predicted octanol–water partition coefficient (Wildman–Crippen LogP) is 3.91. The second-order valence-electron chi connectivity index (χ2n) is 4.36. The lowest BCUT2D eigenvalue weighted by Gasteiger charge is -2.01. The summed E-state index contributed by atoms with van der Waals surface area (Å²) in [6.45, 7) is 0. The molecule has 0 aliphatic heterocycles. The summed E-state index contributed by atoms with van der Waals surface area (Å²) in [5, 5.41) is 5.10. The Balaban J connectivity index is 2.02. The van der Waals surface area contributed by atoms with E-state index in [0.29, 0.717) is 16.4 Å². The normalized spacial score (nSPS) is 10.7. The molecule has 0 unspecified atom stereocenters. The molecule has 0 bridgehead atoms. The van der Waals surface area contributed by atoms with Crippen LogP contribution in [0.3, 0.4) is 0 Å². The molecule has 0 radical (unpaired) electrons. The third-order valence-electron chi connectivity index (χ3n) is 2.95. The molecule has 0 amide bonds. The summed E-state index contributed by atoms with van der Waals surface area (Å²) >= 11 is 5.86. The maximum Gasteiger partial charge on any atom is 0.123 e. The Morgan fingerprint density at radius 3 is 2.30 bits per heavy atom. The molecule has 0 fully saturated rings. The number of rotatable bonds is 2. The third-order valence-corrected chi connectivity index (χ3v) is 3.20. The highest BCUT2D eigenvalue weighted by Crippen LogP contribution is 2.25. The highest BCUT2D eigenvalue weighted by molar-refractivity contribution is 6.30. The minimum absolute atomic E-state index is 0.288. The van der Waals surface area contributed by atoms with E-state index >= 15 is 0 Å². The van der Waals surface area contributed by atoms with E-state index in [4.69, 9.17) is 17.3 Å². The molecule has 1 heterocycles. The average molecular weight is 288 g/mol. The highest BCUT2D eigenvalue weighted by atomic mass is 35.5. The summed E-state index contributed by atoms with van der Waals surface area (Å²) in [6.07, 6.45) is 1.72. The number of benzene rings is 2. The fourth-order valence-corrected chi connectivity index (χ4v) is 2.07. The van der Waals surface area contributed by atoms with Crippen LogP contribution in [0.4, 0.5) is 10.1 Å². The smallest absolute Gasteiger partial charge is 0.123 e. The molecule has 0 saturated carbocycles. The fourth-order valence-electron chi connectivity index (χ4n) is 1.95. The second kappa shape index (κ2) is 4.98. The lowest BCUT2D eigenvalue weighted by Crippen LogP contribution is -1.94. The molecule has 3 aromatic rings. The molecule has 0 spiro atoms. The molecule has 3 nitrogen and oxygen atoms in total. The van der Waals surface area contributed by atoms with Crippen LogP contribution in [0.15, 0.2) is 54.7 Å². The van der Waals surface area contributed by atoms with Gasteiger partial charge in [0.2, 0.25) is 0 Å². The van der Waals surface area contributed by atoms with E-state index in [-0.39, 0.29) is 5.82 Å². The lowest BCUT2D eigenvalue weighted by atomic mass is 10.1. The van der Waals surface area contributed by atoms with Gasteiger partial charge in [-0.05, 0) is 48.5 Å². The van der Waals surface area contributed by atoms with Crippen molar-refractivity contribution in [1.82, 2.24) is 9.78 Å². The first-order valence-electron chi connectivity index (χ1n) is 6.00. The average Bonchev–Trinajstić information content (AvgIpc) is 2.82. The number of halogens is 2. The van der Waals surface area contributed by atoms with Gasteiger partial charge in [-0.15, -0.1) is 0 Å². The molecular weight excluding hydrogens is 277 g/mol. The number of hydrogen-bond donors (Lipinski definition) is 1. The van der Waals surface area contributed by atoms with Crippen molar-refractivity contribution < 1.29 is 4.39 Å². The van der Waals surface area contributed by atoms with Gasteiger partial charge in [0.1, 0.15) is 11.5 Å². The van der Waals surface area contributed by atoms with Crippen molar-refractivity contribution in [3.63, 3.8) is 0 Å². The number of nitrogen functional groups attached to an aromatic ring is 1. The number of anilines is 1. The number of aromatic nitrogens is 2. The van der Waals surface area contributed by atoms with Crippen LogP contribution in [0.2, 0.25) is 5.02 Å². The molecule has 5 heteroatoms. The molecule has 20 heavy (non-hydrogen) atoms. The van der Waals surface area contributed by atoms with Gasteiger partial charge in [-0.3, -0.25) is 0 Å². The summed E-state index contributed by atoms with van der Waals surface area (Å²) in [4.78, 5) is 0. The molecular formula is C15H11ClFN3. The zero-order chi connectivity index (χ0) is 14.1. The summed E-state index contributed by atoms with van der Waals surface area (Å²) in [5.74, 6) is -0.288. The zero-order valence-electron chi connectivity index (χ0n) is 10.4. The first-order valence-corrected chi connectivity index (χ1v) is 6.38. The minimum Gasteiger partial charge on any atom is -0.396 e. The van der Waals surface area contributed by atoms with Crippen LogP contribution in [0.5, 0.6) is 0 Å². The maximum absolute atomic E-state index is 12.9. The maximum atomic E-state index is 12.9. The Labute approximate surface area is 120 Å². The van der Waals surface area contributed by atoms with Gasteiger partial charge in [-0.25, -0.2) is 9.07 Å². The fraction of sp³-hybridized carbons (Fsp3) is 0. The van der Waals surface area contributed by atoms with Gasteiger partial charge in [0.15, 0.2) is 0 Å². The summed E-state index contributed by atoms with van der Waals surface area (Å²) in [7, 11) is 0. The lowest BCUT2D eigenvalue weighted by molar-refractivity contribution is 0.628. The van der Waals surface area contributed by atoms with Gasteiger partial charge in [-0.1, -0.05) is 11.6 Å². The Kier molecular flexibility index (Phi) is 3.16. The highest BCUT2D eigenvalue weighted by Gasteiger charge is 2.09. The molecule has 100 valence electrons. The Morgan fingerprint density at radius 2 is 1.65 bits per heavy atom. The molecule has 2 aromatic carbocycles. The van der Waals surface area contributed by atoms with Crippen LogP contribution in [0.25, 0.3) is 16.9 Å². The largest absolute Gasteiger partial charge is 0.396 e. The topological polar surface area (TPSA) is 43.8 Å². The molecule has 1 aromatic heterocycles. The van der Waals surface area contributed by atoms with Crippen molar-refractivity contribution in [2.24, 2.45) is 0 Å². The van der Waals surface area contributed by atoms with Crippen LogP contribution in [0, 0.1) is 5.82 Å². The standard InChI is InChI=1S/C15H11ClFN3/c16-11-3-7-13(8-4-11)20-9-14(18)15(19-20)10-1-5-12(17)6-2-10/h1-9H,18H2. The predicted molar refractivity (Wildman–Crippen MR) is 78.4 cm³/mol. The van der Waals surface area contributed by atoms with Crippen molar-refractivity contribution in [1.29, 1.82) is 0 Å². The molecule has 2 N–H and O–H groups in total. The van der Waals surface area contributed by atoms with E-state index < -0.39 is 0 Å². The summed E-state index contributed by atoms with van der Waals surface area (Å²) < 4.78 is 14.6. The Morgan fingerprint density at radius 1 is 1.00 bits per heavy atom. The first-order chi connectivity index (χ1) is 9.63. The summed E-state index contributed by atoms with van der Waals surface area (Å²) in [5.41, 5.74) is 8.76. The van der Waals surface area contributed by atoms with E-state index in [1.807, 2.05) is 12.1 Å². The molecule has 3 rings (SSSR count). The van der Waals surface area contributed by atoms with Gasteiger partial charge < -0.3 is 5.73 Å². The van der Waals surface area contributed by atoms with Crippen LogP contribution >= 0.6 is 11.6 Å². The Hall–Kier alpha value is -2.33. The zero-order valence-corrected chi connectivity index (χ0v) is 11.2. The van der Waals surface area contributed by atoms with Crippen molar-refractivity contribution in [3.05, 3.63) is 65.6 Å². The number of nitrogens with zero attached hydrogens (tertiary/aromatic N) is 2. The van der Waals surface area contributed by atoms with Gasteiger partial charge in [-0.2, -0.15) is 5.10 Å². The van der Waals surface area contributed by atoms with Crippen LogP contribution in [-0.2, 0) is 0 Å². The molecule has 0 aliphatic carbocycles. The number of hydrogen-bond acceptors (Lipinski definition) is 2. The van der Waals surface area contributed by atoms with Gasteiger partial charge in [0.05, 0.1) is 17.6 Å². The molecule has 0 atom stereocenters. The van der Waals surface area contributed by atoms with E-state index in [1.165, 1.54) is 12.1 Å². The van der Waals surface area contributed by atoms with Gasteiger partial charge in [0, 0.05) is 10.6 Å². The van der Waals surface area contributed by atoms with Crippen LogP contribution in [-0.4, -0.2) is 9.78 Å². The molecule has 0 aliphatic rings. The van der Waals surface area contributed by atoms with Crippen molar-refractivity contribution >= 4 is 17.3 Å². The molecule has 0 saturated heterocycles.